The molecule has 2 rings (SSSR count). The first-order valence-electron chi connectivity index (χ1n) is 4.93. The van der Waals surface area contributed by atoms with Crippen LogP contribution in [0, 0.1) is 0 Å². The van der Waals surface area contributed by atoms with Gasteiger partial charge in [0.15, 0.2) is 0 Å². The summed E-state index contributed by atoms with van der Waals surface area (Å²) >= 11 is 0. The largest absolute Gasteiger partial charge is 0.354 e. The van der Waals surface area contributed by atoms with Crippen LogP contribution in [0.25, 0.3) is 0 Å². The van der Waals surface area contributed by atoms with Crippen LogP contribution in [0.3, 0.4) is 0 Å². The van der Waals surface area contributed by atoms with Gasteiger partial charge in [0.05, 0.1) is 6.54 Å². The fourth-order valence-electron chi connectivity index (χ4n) is 1.91. The van der Waals surface area contributed by atoms with Gasteiger partial charge in [-0.1, -0.05) is 0 Å². The predicted octanol–water partition coefficient (Wildman–Crippen LogP) is -1.35. The first-order chi connectivity index (χ1) is 6.66. The minimum absolute atomic E-state index is 0.0949. The summed E-state index contributed by atoms with van der Waals surface area (Å²) in [4.78, 5) is 26.0. The second kappa shape index (κ2) is 3.57. The van der Waals surface area contributed by atoms with Crippen molar-refractivity contribution in [1.29, 1.82) is 0 Å². The van der Waals surface area contributed by atoms with E-state index in [2.05, 4.69) is 10.2 Å². The van der Waals surface area contributed by atoms with Crippen LogP contribution in [-0.4, -0.2) is 60.4 Å². The SMILES string of the molecule is CC(=O)N1CC(N2CCNC(=O)C2)C1. The molecule has 5 nitrogen and oxygen atoms in total. The zero-order valence-electron chi connectivity index (χ0n) is 8.32. The molecule has 0 atom stereocenters. The fraction of sp³-hybridized carbons (Fsp3) is 0.778. The summed E-state index contributed by atoms with van der Waals surface area (Å²) in [6, 6.07) is 0.393. The zero-order chi connectivity index (χ0) is 10.1. The summed E-state index contributed by atoms with van der Waals surface area (Å²) in [6.45, 7) is 5.26. The highest BCUT2D eigenvalue weighted by Gasteiger charge is 2.34. The number of nitrogens with one attached hydrogen (secondary N) is 1. The van der Waals surface area contributed by atoms with Gasteiger partial charge in [-0.15, -0.1) is 0 Å². The first-order valence-corrected chi connectivity index (χ1v) is 4.93. The summed E-state index contributed by atoms with van der Waals surface area (Å²) in [5, 5.41) is 2.79. The molecule has 2 amide bonds. The number of amides is 2. The van der Waals surface area contributed by atoms with E-state index in [1.807, 2.05) is 0 Å². The third kappa shape index (κ3) is 1.72. The number of likely N-dealkylation sites (tertiary alicyclic amines) is 1. The minimum atomic E-state index is 0.0949. The lowest BCUT2D eigenvalue weighted by Crippen LogP contribution is -2.64. The number of hydrogen-bond acceptors (Lipinski definition) is 3. The lowest BCUT2D eigenvalue weighted by Gasteiger charge is -2.45. The molecule has 0 spiro atoms. The topological polar surface area (TPSA) is 52.7 Å². The lowest BCUT2D eigenvalue weighted by molar-refractivity contribution is -0.137. The Morgan fingerprint density at radius 3 is 2.79 bits per heavy atom. The van der Waals surface area contributed by atoms with Gasteiger partial charge in [-0.25, -0.2) is 0 Å². The molecule has 2 aliphatic rings. The molecule has 0 unspecified atom stereocenters. The maximum atomic E-state index is 11.1. The van der Waals surface area contributed by atoms with Crippen molar-refractivity contribution in [2.75, 3.05) is 32.7 Å². The number of rotatable bonds is 1. The number of carbonyl (C=O) groups excluding carboxylic acids is 2. The monoisotopic (exact) mass is 197 g/mol. The highest BCUT2D eigenvalue weighted by molar-refractivity contribution is 5.79. The normalized spacial score (nSPS) is 24.4. The molecule has 2 saturated heterocycles. The molecule has 2 heterocycles. The van der Waals surface area contributed by atoms with Gasteiger partial charge in [0, 0.05) is 39.1 Å². The van der Waals surface area contributed by atoms with E-state index >= 15 is 0 Å². The molecule has 1 N–H and O–H groups in total. The summed E-state index contributed by atoms with van der Waals surface area (Å²) < 4.78 is 0. The molecular weight excluding hydrogens is 182 g/mol. The summed E-state index contributed by atoms with van der Waals surface area (Å²) in [7, 11) is 0. The van der Waals surface area contributed by atoms with Crippen molar-refractivity contribution in [1.82, 2.24) is 15.1 Å². The quantitative estimate of drug-likeness (QED) is 0.565. The van der Waals surface area contributed by atoms with Crippen molar-refractivity contribution in [3.8, 4) is 0 Å². The molecule has 2 fully saturated rings. The van der Waals surface area contributed by atoms with Gasteiger partial charge < -0.3 is 10.2 Å². The van der Waals surface area contributed by atoms with E-state index in [9.17, 15) is 9.59 Å². The van der Waals surface area contributed by atoms with Gasteiger partial charge in [-0.2, -0.15) is 0 Å². The van der Waals surface area contributed by atoms with Crippen LogP contribution in [-0.2, 0) is 9.59 Å². The van der Waals surface area contributed by atoms with E-state index in [1.165, 1.54) is 0 Å². The number of nitrogens with zero attached hydrogens (tertiary/aromatic N) is 2. The Morgan fingerprint density at radius 2 is 2.21 bits per heavy atom. The second-order valence-corrected chi connectivity index (χ2v) is 3.90. The van der Waals surface area contributed by atoms with Gasteiger partial charge in [-0.3, -0.25) is 14.5 Å². The molecular formula is C9H15N3O2. The molecule has 5 heteroatoms. The average molecular weight is 197 g/mol. The number of carbonyl (C=O) groups is 2. The molecule has 78 valence electrons. The summed E-state index contributed by atoms with van der Waals surface area (Å²) in [5.74, 6) is 0.222. The summed E-state index contributed by atoms with van der Waals surface area (Å²) in [5.41, 5.74) is 0. The van der Waals surface area contributed by atoms with Crippen LogP contribution in [0.2, 0.25) is 0 Å². The Kier molecular flexibility index (Phi) is 2.41. The Hall–Kier alpha value is -1.10. The lowest BCUT2D eigenvalue weighted by atomic mass is 10.1. The highest BCUT2D eigenvalue weighted by atomic mass is 16.2. The van der Waals surface area contributed by atoms with Crippen molar-refractivity contribution in [3.05, 3.63) is 0 Å². The zero-order valence-corrected chi connectivity index (χ0v) is 8.32. The molecule has 0 aromatic heterocycles. The van der Waals surface area contributed by atoms with Crippen LogP contribution in [0.1, 0.15) is 6.92 Å². The van der Waals surface area contributed by atoms with Gasteiger partial charge in [0.2, 0.25) is 11.8 Å². The Bertz CT molecular complexity index is 261. The minimum Gasteiger partial charge on any atom is -0.354 e. The Balaban J connectivity index is 1.81. The van der Waals surface area contributed by atoms with Crippen molar-refractivity contribution in [3.63, 3.8) is 0 Å². The second-order valence-electron chi connectivity index (χ2n) is 3.90. The van der Waals surface area contributed by atoms with E-state index in [4.69, 9.17) is 0 Å². The van der Waals surface area contributed by atoms with Crippen molar-refractivity contribution >= 4 is 11.8 Å². The summed E-state index contributed by atoms with van der Waals surface area (Å²) in [6.07, 6.45) is 0. The van der Waals surface area contributed by atoms with E-state index < -0.39 is 0 Å². The predicted molar refractivity (Wildman–Crippen MR) is 50.6 cm³/mol. The van der Waals surface area contributed by atoms with Gasteiger partial charge in [0.1, 0.15) is 0 Å². The maximum absolute atomic E-state index is 11.1. The molecule has 0 bridgehead atoms. The van der Waals surface area contributed by atoms with Crippen LogP contribution >= 0.6 is 0 Å². The highest BCUT2D eigenvalue weighted by Crippen LogP contribution is 2.15. The van der Waals surface area contributed by atoms with Crippen LogP contribution in [0.5, 0.6) is 0 Å². The fourth-order valence-corrected chi connectivity index (χ4v) is 1.91. The Labute approximate surface area is 83.0 Å². The molecule has 0 radical (unpaired) electrons. The first kappa shape index (κ1) is 9.45. The Morgan fingerprint density at radius 1 is 1.50 bits per heavy atom. The third-order valence-electron chi connectivity index (χ3n) is 2.89. The molecule has 0 saturated carbocycles. The molecule has 14 heavy (non-hydrogen) atoms. The van der Waals surface area contributed by atoms with E-state index in [1.54, 1.807) is 11.8 Å². The van der Waals surface area contributed by atoms with E-state index in [0.29, 0.717) is 12.6 Å². The molecule has 0 aliphatic carbocycles. The van der Waals surface area contributed by atoms with E-state index in [-0.39, 0.29) is 11.8 Å². The van der Waals surface area contributed by atoms with Crippen molar-refractivity contribution in [2.45, 2.75) is 13.0 Å². The maximum Gasteiger partial charge on any atom is 0.234 e. The van der Waals surface area contributed by atoms with Crippen LogP contribution < -0.4 is 5.32 Å². The molecule has 0 aromatic rings. The number of hydrogen-bond donors (Lipinski definition) is 1. The standard InChI is InChI=1S/C9H15N3O2/c1-7(13)12-4-8(5-12)11-3-2-10-9(14)6-11/h8H,2-6H2,1H3,(H,10,14). The van der Waals surface area contributed by atoms with Gasteiger partial charge in [0.25, 0.3) is 0 Å². The average Bonchev–Trinajstić information content (AvgIpc) is 2.00. The van der Waals surface area contributed by atoms with Gasteiger partial charge >= 0.3 is 0 Å². The number of piperazine rings is 1. The van der Waals surface area contributed by atoms with Crippen LogP contribution in [0.4, 0.5) is 0 Å². The van der Waals surface area contributed by atoms with E-state index in [0.717, 1.165) is 26.2 Å². The van der Waals surface area contributed by atoms with Crippen LogP contribution in [0.15, 0.2) is 0 Å². The van der Waals surface area contributed by atoms with Gasteiger partial charge in [-0.05, 0) is 0 Å². The molecule has 0 aromatic carbocycles. The smallest absolute Gasteiger partial charge is 0.234 e. The third-order valence-corrected chi connectivity index (χ3v) is 2.89. The van der Waals surface area contributed by atoms with Crippen molar-refractivity contribution in [2.24, 2.45) is 0 Å². The molecule has 2 aliphatic heterocycles. The van der Waals surface area contributed by atoms with Crippen molar-refractivity contribution < 1.29 is 9.59 Å².